The maximum absolute atomic E-state index is 14.7. The van der Waals surface area contributed by atoms with Crippen molar-refractivity contribution in [2.75, 3.05) is 32.1 Å². The van der Waals surface area contributed by atoms with E-state index in [1.807, 2.05) is 18.6 Å². The number of nitrogens with two attached hydrogens (primary N) is 1. The lowest BCUT2D eigenvalue weighted by Gasteiger charge is -2.34. The molecule has 4 unspecified atom stereocenters. The third-order valence-corrected chi connectivity index (χ3v) is 6.68. The van der Waals surface area contributed by atoms with Crippen molar-refractivity contribution in [2.24, 2.45) is 11.8 Å². The second kappa shape index (κ2) is 11.9. The molecule has 38 heavy (non-hydrogen) atoms. The maximum atomic E-state index is 14.7. The van der Waals surface area contributed by atoms with Crippen LogP contribution in [-0.4, -0.2) is 77.0 Å². The first-order valence-electron chi connectivity index (χ1n) is 12.3. The van der Waals surface area contributed by atoms with E-state index < -0.39 is 24.8 Å². The molecule has 1 aliphatic heterocycles. The molecule has 10 nitrogen and oxygen atoms in total. The lowest BCUT2D eigenvalue weighted by Crippen LogP contribution is -2.73. The van der Waals surface area contributed by atoms with Gasteiger partial charge in [-0.05, 0) is 24.6 Å². The molecule has 1 aliphatic carbocycles. The Morgan fingerprint density at radius 1 is 1.37 bits per heavy atom. The third-order valence-electron chi connectivity index (χ3n) is 6.68. The molecule has 1 saturated carbocycles. The molecule has 0 radical (unpaired) electrons. The number of anilines is 1. The number of aliphatic hydroxyl groups is 1. The largest absolute Gasteiger partial charge is 0.486 e. The number of nitrogens with one attached hydrogen (secondary N) is 2. The van der Waals surface area contributed by atoms with E-state index in [0.29, 0.717) is 34.8 Å². The fourth-order valence-electron chi connectivity index (χ4n) is 4.54. The van der Waals surface area contributed by atoms with E-state index in [1.165, 1.54) is 17.4 Å². The fourth-order valence-corrected chi connectivity index (χ4v) is 4.54. The van der Waals surface area contributed by atoms with Gasteiger partial charge in [0, 0.05) is 48.2 Å². The molecule has 2 amide bonds. The quantitative estimate of drug-likeness (QED) is 0.283. The first kappa shape index (κ1) is 26.9. The molecule has 2 aliphatic rings. The molecule has 2 heterocycles. The van der Waals surface area contributed by atoms with Crippen molar-refractivity contribution < 1.29 is 29.1 Å². The van der Waals surface area contributed by atoms with Crippen molar-refractivity contribution in [2.45, 2.75) is 25.1 Å². The van der Waals surface area contributed by atoms with Crippen molar-refractivity contribution in [1.82, 2.24) is 14.9 Å². The Hall–Kier alpha value is -4.14. The molecular formula is C27H30FN6O4+. The van der Waals surface area contributed by atoms with Crippen LogP contribution in [0.25, 0.3) is 11.3 Å². The molecule has 0 spiro atoms. The minimum Gasteiger partial charge on any atom is -0.486 e. The Morgan fingerprint density at radius 3 is 2.87 bits per heavy atom. The number of benzene rings is 1. The highest BCUT2D eigenvalue weighted by molar-refractivity contribution is 5.95. The van der Waals surface area contributed by atoms with E-state index in [9.17, 15) is 14.0 Å². The van der Waals surface area contributed by atoms with Gasteiger partial charge in [0.2, 0.25) is 11.8 Å². The van der Waals surface area contributed by atoms with E-state index in [0.717, 1.165) is 5.57 Å². The molecule has 2 fully saturated rings. The van der Waals surface area contributed by atoms with Crippen LogP contribution in [0.1, 0.15) is 18.4 Å². The van der Waals surface area contributed by atoms with Gasteiger partial charge < -0.3 is 30.8 Å². The van der Waals surface area contributed by atoms with Gasteiger partial charge in [-0.2, -0.15) is 0 Å². The molecule has 1 aromatic heterocycles. The molecule has 11 heteroatoms. The zero-order valence-electron chi connectivity index (χ0n) is 20.9. The number of alkyl halides is 1. The van der Waals surface area contributed by atoms with Gasteiger partial charge in [-0.15, -0.1) is 6.42 Å². The van der Waals surface area contributed by atoms with Crippen LogP contribution in [0.3, 0.4) is 0 Å². The van der Waals surface area contributed by atoms with E-state index in [-0.39, 0.29) is 37.3 Å². The number of hydrogen-bond donors (Lipinski definition) is 4. The number of nitrogens with zero attached hydrogens (tertiary/aromatic N) is 3. The van der Waals surface area contributed by atoms with Crippen molar-refractivity contribution in [3.8, 4) is 29.4 Å². The SMILES string of the molecule is C#Cc1cc(-c2cc(NC(=O)C3CC3C(C=N)=C[NH2+]C)ncn2)ccc1OC1CCN(C(=O)CO)CC1F. The van der Waals surface area contributed by atoms with Gasteiger partial charge in [0.25, 0.3) is 0 Å². The number of likely N-dealkylation sites (tertiary alicyclic amines) is 1. The number of aliphatic hydroxyl groups excluding tert-OH is 1. The van der Waals surface area contributed by atoms with Crippen LogP contribution < -0.4 is 15.4 Å². The van der Waals surface area contributed by atoms with Crippen LogP contribution in [-0.2, 0) is 9.59 Å². The van der Waals surface area contributed by atoms with Crippen molar-refractivity contribution in [3.05, 3.63) is 47.9 Å². The van der Waals surface area contributed by atoms with Crippen LogP contribution in [0, 0.1) is 29.6 Å². The predicted octanol–water partition coefficient (Wildman–Crippen LogP) is 0.736. The molecule has 2 aromatic rings. The third kappa shape index (κ3) is 6.04. The summed E-state index contributed by atoms with van der Waals surface area (Å²) in [6, 6.07) is 6.72. The van der Waals surface area contributed by atoms with Crippen molar-refractivity contribution in [1.29, 1.82) is 5.41 Å². The zero-order valence-corrected chi connectivity index (χ0v) is 20.9. The first-order chi connectivity index (χ1) is 18.4. The molecule has 0 bridgehead atoms. The molecule has 1 aromatic carbocycles. The average molecular weight is 522 g/mol. The summed E-state index contributed by atoms with van der Waals surface area (Å²) in [4.78, 5) is 34.1. The molecule has 198 valence electrons. The second-order valence-corrected chi connectivity index (χ2v) is 9.18. The van der Waals surface area contributed by atoms with E-state index in [4.69, 9.17) is 21.7 Å². The number of terminal acetylenes is 1. The van der Waals surface area contributed by atoms with Gasteiger partial charge in [-0.1, -0.05) is 5.92 Å². The number of aromatic nitrogens is 2. The fraction of sp³-hybridized carbons (Fsp3) is 0.370. The highest BCUT2D eigenvalue weighted by atomic mass is 19.1. The smallest absolute Gasteiger partial charge is 0.248 e. The lowest BCUT2D eigenvalue weighted by molar-refractivity contribution is -0.557. The van der Waals surface area contributed by atoms with Gasteiger partial charge in [-0.3, -0.25) is 9.59 Å². The molecule has 5 N–H and O–H groups in total. The summed E-state index contributed by atoms with van der Waals surface area (Å²) in [5, 5.41) is 21.2. The highest BCUT2D eigenvalue weighted by Crippen LogP contribution is 2.43. The number of hydrogen-bond acceptors (Lipinski definition) is 7. The number of ether oxygens (including phenoxy) is 1. The van der Waals surface area contributed by atoms with E-state index in [2.05, 4.69) is 21.2 Å². The van der Waals surface area contributed by atoms with Gasteiger partial charge in [0.05, 0.1) is 31.0 Å². The maximum Gasteiger partial charge on any atom is 0.248 e. The number of carbonyl (C=O) groups excluding carboxylic acids is 2. The van der Waals surface area contributed by atoms with Crippen molar-refractivity contribution >= 4 is 23.8 Å². The zero-order chi connectivity index (χ0) is 27.2. The Bertz CT molecular complexity index is 1290. The number of halogens is 1. The highest BCUT2D eigenvalue weighted by Gasteiger charge is 2.45. The topological polar surface area (TPSA) is 145 Å². The van der Waals surface area contributed by atoms with Gasteiger partial charge in [0.1, 0.15) is 30.6 Å². The number of allylic oxidation sites excluding steroid dienone is 1. The van der Waals surface area contributed by atoms with Crippen LogP contribution in [0.5, 0.6) is 5.75 Å². The standard InChI is InChI=1S/C27H29FN6O4/c1-3-16-8-17(4-5-23(16)38-24-6-7-34(13-21(24)28)26(36)14-35)22-10-25(32-15-31-22)33-27(37)20-9-19(20)18(11-29)12-30-2/h1,4-5,8,10-12,15,19-21,24,29-30,35H,6-7,9,13-14H2,2H3,(H,31,32,33,37)/p+1. The Labute approximate surface area is 219 Å². The summed E-state index contributed by atoms with van der Waals surface area (Å²) in [6.07, 6.45) is 8.93. The number of rotatable bonds is 9. The Balaban J connectivity index is 1.43. The molecular weight excluding hydrogens is 491 g/mol. The second-order valence-electron chi connectivity index (χ2n) is 9.18. The number of carbonyl (C=O) groups is 2. The number of amides is 2. The molecule has 4 atom stereocenters. The summed E-state index contributed by atoms with van der Waals surface area (Å²) in [5.41, 5.74) is 2.43. The van der Waals surface area contributed by atoms with Crippen LogP contribution in [0.15, 0.2) is 42.4 Å². The van der Waals surface area contributed by atoms with Crippen molar-refractivity contribution in [3.63, 3.8) is 0 Å². The van der Waals surface area contributed by atoms with E-state index in [1.54, 1.807) is 24.3 Å². The van der Waals surface area contributed by atoms with Gasteiger partial charge in [0.15, 0.2) is 6.17 Å². The first-order valence-corrected chi connectivity index (χ1v) is 12.3. The normalized spacial score (nSPS) is 22.8. The van der Waals surface area contributed by atoms with Gasteiger partial charge >= 0.3 is 0 Å². The summed E-state index contributed by atoms with van der Waals surface area (Å²) in [6.45, 7) is -0.529. The molecule has 4 rings (SSSR count). The number of quaternary nitrogens is 1. The minimum absolute atomic E-state index is 0.0297. The van der Waals surface area contributed by atoms with Crippen LogP contribution >= 0.6 is 0 Å². The summed E-state index contributed by atoms with van der Waals surface area (Å²) < 4.78 is 20.6. The van der Waals surface area contributed by atoms with Crippen LogP contribution in [0.2, 0.25) is 0 Å². The number of piperidine rings is 1. The Morgan fingerprint density at radius 2 is 2.18 bits per heavy atom. The predicted molar refractivity (Wildman–Crippen MR) is 138 cm³/mol. The lowest BCUT2D eigenvalue weighted by atomic mass is 10.0. The van der Waals surface area contributed by atoms with Crippen LogP contribution in [0.4, 0.5) is 10.2 Å². The summed E-state index contributed by atoms with van der Waals surface area (Å²) >= 11 is 0. The summed E-state index contributed by atoms with van der Waals surface area (Å²) in [5.74, 6) is 2.39. The Kier molecular flexibility index (Phi) is 8.45. The molecule has 1 saturated heterocycles. The monoisotopic (exact) mass is 521 g/mol. The van der Waals surface area contributed by atoms with E-state index >= 15 is 0 Å². The van der Waals surface area contributed by atoms with Gasteiger partial charge in [-0.25, -0.2) is 14.4 Å². The average Bonchev–Trinajstić information content (AvgIpc) is 3.73. The minimum atomic E-state index is -1.42. The summed E-state index contributed by atoms with van der Waals surface area (Å²) in [7, 11) is 1.87.